The number of aryl methyl sites for hydroxylation is 1. The van der Waals surface area contributed by atoms with Crippen LogP contribution in [0.25, 0.3) is 11.5 Å². The van der Waals surface area contributed by atoms with Crippen molar-refractivity contribution in [2.45, 2.75) is 12.8 Å². The summed E-state index contributed by atoms with van der Waals surface area (Å²) in [7, 11) is -3.33. The van der Waals surface area contributed by atoms with Crippen LogP contribution in [0.15, 0.2) is 59.0 Å². The van der Waals surface area contributed by atoms with Crippen molar-refractivity contribution in [1.82, 2.24) is 10.2 Å². The molecule has 1 heterocycles. The van der Waals surface area contributed by atoms with E-state index in [4.69, 9.17) is 4.42 Å². The third-order valence-corrected chi connectivity index (χ3v) is 4.13. The maximum Gasteiger partial charge on any atom is 0.247 e. The molecule has 9 heteroatoms. The van der Waals surface area contributed by atoms with Gasteiger partial charge in [-0.1, -0.05) is 18.2 Å². The van der Waals surface area contributed by atoms with Crippen LogP contribution in [0.4, 0.5) is 11.4 Å². The minimum absolute atomic E-state index is 0.180. The van der Waals surface area contributed by atoms with Crippen LogP contribution in [-0.2, 0) is 21.2 Å². The third kappa shape index (κ3) is 5.65. The first-order valence-corrected chi connectivity index (χ1v) is 10.0. The molecule has 1 aromatic heterocycles. The third-order valence-electron chi connectivity index (χ3n) is 3.53. The van der Waals surface area contributed by atoms with E-state index in [9.17, 15) is 13.2 Å². The molecule has 0 spiro atoms. The van der Waals surface area contributed by atoms with Crippen LogP contribution in [0.1, 0.15) is 12.3 Å². The van der Waals surface area contributed by atoms with Gasteiger partial charge < -0.3 is 9.73 Å². The quantitative estimate of drug-likeness (QED) is 0.645. The zero-order valence-corrected chi connectivity index (χ0v) is 15.4. The summed E-state index contributed by atoms with van der Waals surface area (Å²) in [5.41, 5.74) is 1.81. The molecule has 27 heavy (non-hydrogen) atoms. The first-order chi connectivity index (χ1) is 12.9. The predicted molar refractivity (Wildman–Crippen MR) is 102 cm³/mol. The first-order valence-electron chi connectivity index (χ1n) is 8.14. The van der Waals surface area contributed by atoms with E-state index in [-0.39, 0.29) is 12.3 Å². The van der Waals surface area contributed by atoms with Gasteiger partial charge in [0.25, 0.3) is 0 Å². The fourth-order valence-corrected chi connectivity index (χ4v) is 2.90. The molecule has 0 saturated heterocycles. The van der Waals surface area contributed by atoms with Gasteiger partial charge in [0.15, 0.2) is 0 Å². The highest BCUT2D eigenvalue weighted by atomic mass is 32.2. The fourth-order valence-electron chi connectivity index (χ4n) is 2.33. The van der Waals surface area contributed by atoms with Crippen LogP contribution >= 0.6 is 0 Å². The highest BCUT2D eigenvalue weighted by molar-refractivity contribution is 7.92. The number of carbonyl (C=O) groups is 1. The molecule has 0 aliphatic carbocycles. The molecule has 2 aromatic carbocycles. The average Bonchev–Trinajstić information content (AvgIpc) is 3.10. The Labute approximate surface area is 156 Å². The summed E-state index contributed by atoms with van der Waals surface area (Å²) >= 11 is 0. The Bertz CT molecular complexity index is 1020. The van der Waals surface area contributed by atoms with Crippen LogP contribution in [0, 0.1) is 0 Å². The van der Waals surface area contributed by atoms with Crippen molar-refractivity contribution in [3.8, 4) is 11.5 Å². The molecule has 8 nitrogen and oxygen atoms in total. The van der Waals surface area contributed by atoms with E-state index in [1.807, 2.05) is 30.3 Å². The van der Waals surface area contributed by atoms with Gasteiger partial charge in [0, 0.05) is 29.8 Å². The second-order valence-corrected chi connectivity index (χ2v) is 7.62. The van der Waals surface area contributed by atoms with Gasteiger partial charge in [0.1, 0.15) is 0 Å². The molecule has 1 amide bonds. The molecule has 3 aromatic rings. The molecule has 0 saturated carbocycles. The monoisotopic (exact) mass is 386 g/mol. The number of amides is 1. The maximum atomic E-state index is 12.1. The molecule has 0 atom stereocenters. The van der Waals surface area contributed by atoms with Crippen LogP contribution in [-0.4, -0.2) is 30.8 Å². The number of carbonyl (C=O) groups excluding carboxylic acids is 1. The van der Waals surface area contributed by atoms with Gasteiger partial charge in [0.2, 0.25) is 27.7 Å². The first kappa shape index (κ1) is 18.6. The number of hydrogen-bond acceptors (Lipinski definition) is 6. The number of sulfonamides is 1. The Morgan fingerprint density at radius 1 is 1.00 bits per heavy atom. The number of nitrogens with one attached hydrogen (secondary N) is 2. The number of benzene rings is 2. The lowest BCUT2D eigenvalue weighted by atomic mass is 10.2. The van der Waals surface area contributed by atoms with Gasteiger partial charge in [-0.05, 0) is 36.4 Å². The van der Waals surface area contributed by atoms with E-state index >= 15 is 0 Å². The molecule has 2 N–H and O–H groups in total. The van der Waals surface area contributed by atoms with E-state index in [1.54, 1.807) is 24.3 Å². The van der Waals surface area contributed by atoms with Crippen molar-refractivity contribution >= 4 is 27.3 Å². The van der Waals surface area contributed by atoms with Crippen molar-refractivity contribution in [1.29, 1.82) is 0 Å². The molecular formula is C18H18N4O4S. The summed E-state index contributed by atoms with van der Waals surface area (Å²) in [6.45, 7) is 0. The van der Waals surface area contributed by atoms with Crippen LogP contribution in [0.2, 0.25) is 0 Å². The minimum atomic E-state index is -3.33. The lowest BCUT2D eigenvalue weighted by Crippen LogP contribution is -2.13. The fraction of sp³-hybridized carbons (Fsp3) is 0.167. The number of hydrogen-bond donors (Lipinski definition) is 2. The minimum Gasteiger partial charge on any atom is -0.421 e. The maximum absolute atomic E-state index is 12.1. The number of aromatic nitrogens is 2. The molecule has 0 aliphatic heterocycles. The molecule has 0 radical (unpaired) electrons. The van der Waals surface area contributed by atoms with Crippen molar-refractivity contribution in [2.24, 2.45) is 0 Å². The van der Waals surface area contributed by atoms with Gasteiger partial charge in [-0.2, -0.15) is 0 Å². The van der Waals surface area contributed by atoms with Gasteiger partial charge in [0.05, 0.1) is 6.26 Å². The topological polar surface area (TPSA) is 114 Å². The van der Waals surface area contributed by atoms with E-state index in [2.05, 4.69) is 20.2 Å². The van der Waals surface area contributed by atoms with Crippen molar-refractivity contribution in [3.05, 3.63) is 60.5 Å². The highest BCUT2D eigenvalue weighted by Crippen LogP contribution is 2.18. The summed E-state index contributed by atoms with van der Waals surface area (Å²) < 4.78 is 30.3. The normalized spacial score (nSPS) is 11.1. The van der Waals surface area contributed by atoms with Crippen LogP contribution in [0.3, 0.4) is 0 Å². The highest BCUT2D eigenvalue weighted by Gasteiger charge is 2.11. The van der Waals surface area contributed by atoms with Gasteiger partial charge >= 0.3 is 0 Å². The van der Waals surface area contributed by atoms with Crippen molar-refractivity contribution in [3.63, 3.8) is 0 Å². The molecule has 0 bridgehead atoms. The second kappa shape index (κ2) is 8.00. The van der Waals surface area contributed by atoms with E-state index in [0.717, 1.165) is 11.8 Å². The summed E-state index contributed by atoms with van der Waals surface area (Å²) in [6, 6.07) is 15.8. The molecule has 3 rings (SSSR count). The van der Waals surface area contributed by atoms with Gasteiger partial charge in [-0.3, -0.25) is 9.52 Å². The Hall–Kier alpha value is -3.20. The second-order valence-electron chi connectivity index (χ2n) is 5.87. The smallest absolute Gasteiger partial charge is 0.247 e. The number of anilines is 2. The Morgan fingerprint density at radius 2 is 1.67 bits per heavy atom. The van der Waals surface area contributed by atoms with Crippen LogP contribution < -0.4 is 10.0 Å². The summed E-state index contributed by atoms with van der Waals surface area (Å²) in [5.74, 6) is 0.593. The molecule has 0 aliphatic rings. The largest absolute Gasteiger partial charge is 0.421 e. The summed E-state index contributed by atoms with van der Waals surface area (Å²) in [4.78, 5) is 12.1. The SMILES string of the molecule is CS(=O)(=O)Nc1ccc(NC(=O)CCc2nnc(-c3ccccc3)o2)cc1. The number of nitrogens with zero attached hydrogens (tertiary/aromatic N) is 2. The Morgan fingerprint density at radius 3 is 2.33 bits per heavy atom. The lowest BCUT2D eigenvalue weighted by Gasteiger charge is -2.07. The zero-order valence-electron chi connectivity index (χ0n) is 14.5. The Balaban J connectivity index is 1.52. The van der Waals surface area contributed by atoms with E-state index < -0.39 is 10.0 Å². The van der Waals surface area contributed by atoms with Crippen molar-refractivity contribution in [2.75, 3.05) is 16.3 Å². The van der Waals surface area contributed by atoms with Crippen molar-refractivity contribution < 1.29 is 17.6 Å². The summed E-state index contributed by atoms with van der Waals surface area (Å²) in [5, 5.41) is 10.7. The molecule has 140 valence electrons. The average molecular weight is 386 g/mol. The predicted octanol–water partition coefficient (Wildman–Crippen LogP) is 2.68. The van der Waals surface area contributed by atoms with E-state index in [1.165, 1.54) is 0 Å². The standard InChI is InChI=1S/C18H18N4O4S/c1-27(24,25)22-15-9-7-14(8-10-15)19-16(23)11-12-17-20-21-18(26-17)13-5-3-2-4-6-13/h2-10,22H,11-12H2,1H3,(H,19,23). The Kier molecular flexibility index (Phi) is 5.51. The summed E-state index contributed by atoms with van der Waals surface area (Å²) in [6.07, 6.45) is 1.57. The van der Waals surface area contributed by atoms with Crippen LogP contribution in [0.5, 0.6) is 0 Å². The van der Waals surface area contributed by atoms with Gasteiger partial charge in [-0.25, -0.2) is 8.42 Å². The lowest BCUT2D eigenvalue weighted by molar-refractivity contribution is -0.116. The molecule has 0 unspecified atom stereocenters. The van der Waals surface area contributed by atoms with Gasteiger partial charge in [-0.15, -0.1) is 10.2 Å². The number of rotatable bonds is 7. The molecule has 0 fully saturated rings. The van der Waals surface area contributed by atoms with E-state index in [0.29, 0.717) is 29.6 Å². The zero-order chi connectivity index (χ0) is 19.3. The molecular weight excluding hydrogens is 368 g/mol.